The first-order chi connectivity index (χ1) is 15.7. The van der Waals surface area contributed by atoms with Gasteiger partial charge in [-0.2, -0.15) is 0 Å². The fraction of sp³-hybridized carbons (Fsp3) is 0.750. The maximum absolute atomic E-state index is 12.7. The Morgan fingerprint density at radius 2 is 1.73 bits per heavy atom. The number of ether oxygens (including phenoxy) is 1. The van der Waals surface area contributed by atoms with E-state index in [1.165, 1.54) is 0 Å². The number of piperazine rings is 1. The van der Waals surface area contributed by atoms with Gasteiger partial charge in [0.05, 0.1) is 0 Å². The van der Waals surface area contributed by atoms with Crippen LogP contribution in [-0.4, -0.2) is 83.2 Å². The van der Waals surface area contributed by atoms with Crippen LogP contribution in [0.15, 0.2) is 12.4 Å². The summed E-state index contributed by atoms with van der Waals surface area (Å²) >= 11 is 0. The van der Waals surface area contributed by atoms with Gasteiger partial charge in [-0.15, -0.1) is 0 Å². The largest absolute Gasteiger partial charge is 0.444 e. The number of rotatable bonds is 7. The minimum Gasteiger partial charge on any atom is -0.444 e. The van der Waals surface area contributed by atoms with Crippen LogP contribution in [0.2, 0.25) is 0 Å². The van der Waals surface area contributed by atoms with E-state index in [1.807, 2.05) is 31.7 Å². The van der Waals surface area contributed by atoms with Gasteiger partial charge in [-0.3, -0.25) is 4.79 Å². The van der Waals surface area contributed by atoms with E-state index in [4.69, 9.17) is 4.74 Å². The summed E-state index contributed by atoms with van der Waals surface area (Å²) in [4.78, 5) is 39.5. The first-order valence-electron chi connectivity index (χ1n) is 12.3. The SMILES string of the molecule is CCCNc1cc(N2CCC(CCC(=O)N3CCN(C(=O)OC(C)(C)C)CC3)CC2)ncn1. The molecule has 1 aromatic rings. The van der Waals surface area contributed by atoms with Crippen LogP contribution in [0.4, 0.5) is 16.4 Å². The van der Waals surface area contributed by atoms with Crippen molar-refractivity contribution in [3.63, 3.8) is 0 Å². The molecule has 9 heteroatoms. The summed E-state index contributed by atoms with van der Waals surface area (Å²) in [7, 11) is 0. The fourth-order valence-corrected chi connectivity index (χ4v) is 4.27. The molecule has 0 saturated carbocycles. The third kappa shape index (κ3) is 7.75. The molecule has 3 rings (SSSR count). The highest BCUT2D eigenvalue weighted by Crippen LogP contribution is 2.26. The maximum atomic E-state index is 12.7. The number of anilines is 2. The van der Waals surface area contributed by atoms with Crippen LogP contribution in [0.1, 0.15) is 59.8 Å². The third-order valence-electron chi connectivity index (χ3n) is 6.20. The van der Waals surface area contributed by atoms with Gasteiger partial charge in [0.15, 0.2) is 0 Å². The number of nitrogens with zero attached hydrogens (tertiary/aromatic N) is 5. The lowest BCUT2D eigenvalue weighted by atomic mass is 9.92. The van der Waals surface area contributed by atoms with Crippen molar-refractivity contribution in [3.05, 3.63) is 12.4 Å². The third-order valence-corrected chi connectivity index (χ3v) is 6.20. The molecule has 1 N–H and O–H groups in total. The van der Waals surface area contributed by atoms with Crippen molar-refractivity contribution in [1.82, 2.24) is 19.8 Å². The molecule has 0 unspecified atom stereocenters. The summed E-state index contributed by atoms with van der Waals surface area (Å²) in [6, 6.07) is 2.02. The highest BCUT2D eigenvalue weighted by Gasteiger charge is 2.28. The molecule has 0 aromatic carbocycles. The number of nitrogens with one attached hydrogen (secondary N) is 1. The second-order valence-corrected chi connectivity index (χ2v) is 10.0. The number of hydrogen-bond acceptors (Lipinski definition) is 7. The van der Waals surface area contributed by atoms with Gasteiger partial charge < -0.3 is 24.8 Å². The second kappa shape index (κ2) is 11.5. The van der Waals surface area contributed by atoms with Gasteiger partial charge in [0.2, 0.25) is 5.91 Å². The van der Waals surface area contributed by atoms with Crippen molar-refractivity contribution < 1.29 is 14.3 Å². The maximum Gasteiger partial charge on any atom is 0.410 e. The molecule has 9 nitrogen and oxygen atoms in total. The van der Waals surface area contributed by atoms with Gasteiger partial charge in [-0.25, -0.2) is 14.8 Å². The predicted octanol–water partition coefficient (Wildman–Crippen LogP) is 3.37. The number of aromatic nitrogens is 2. The Hall–Kier alpha value is -2.58. The number of carbonyl (C=O) groups is 2. The molecule has 2 amide bonds. The van der Waals surface area contributed by atoms with Crippen LogP contribution in [0.25, 0.3) is 0 Å². The van der Waals surface area contributed by atoms with E-state index in [0.29, 0.717) is 38.5 Å². The Labute approximate surface area is 197 Å². The van der Waals surface area contributed by atoms with E-state index in [1.54, 1.807) is 11.2 Å². The van der Waals surface area contributed by atoms with Crippen molar-refractivity contribution in [1.29, 1.82) is 0 Å². The lowest BCUT2D eigenvalue weighted by Crippen LogP contribution is -2.51. The molecular weight excluding hydrogens is 420 g/mol. The van der Waals surface area contributed by atoms with Crippen LogP contribution in [-0.2, 0) is 9.53 Å². The summed E-state index contributed by atoms with van der Waals surface area (Å²) < 4.78 is 5.43. The molecule has 184 valence electrons. The van der Waals surface area contributed by atoms with E-state index in [0.717, 1.165) is 57.0 Å². The van der Waals surface area contributed by atoms with Crippen molar-refractivity contribution in [2.45, 2.75) is 65.4 Å². The van der Waals surface area contributed by atoms with Crippen LogP contribution in [0.5, 0.6) is 0 Å². The van der Waals surface area contributed by atoms with E-state index >= 15 is 0 Å². The van der Waals surface area contributed by atoms with Crippen molar-refractivity contribution in [2.75, 3.05) is 56.0 Å². The Morgan fingerprint density at radius 3 is 2.36 bits per heavy atom. The zero-order chi connectivity index (χ0) is 23.8. The lowest BCUT2D eigenvalue weighted by molar-refractivity contribution is -0.133. The summed E-state index contributed by atoms with van der Waals surface area (Å²) in [5.41, 5.74) is -0.499. The topological polar surface area (TPSA) is 90.9 Å². The molecular formula is C24H40N6O3. The Balaban J connectivity index is 1.36. The van der Waals surface area contributed by atoms with E-state index < -0.39 is 5.60 Å². The minimum absolute atomic E-state index is 0.198. The number of piperidine rings is 1. The first kappa shape index (κ1) is 25.1. The molecule has 33 heavy (non-hydrogen) atoms. The molecule has 2 fully saturated rings. The molecule has 0 spiro atoms. The molecule has 0 radical (unpaired) electrons. The first-order valence-corrected chi connectivity index (χ1v) is 12.3. The minimum atomic E-state index is -0.499. The lowest BCUT2D eigenvalue weighted by Gasteiger charge is -2.36. The van der Waals surface area contributed by atoms with Gasteiger partial charge in [0.25, 0.3) is 0 Å². The van der Waals surface area contributed by atoms with Gasteiger partial charge >= 0.3 is 6.09 Å². The molecule has 2 aliphatic rings. The predicted molar refractivity (Wildman–Crippen MR) is 129 cm³/mol. The van der Waals surface area contributed by atoms with Gasteiger partial charge in [-0.1, -0.05) is 6.92 Å². The molecule has 0 bridgehead atoms. The standard InChI is InChI=1S/C24H40N6O3/c1-5-10-25-20-17-21(27-18-26-20)28-11-8-19(9-12-28)6-7-22(31)29-13-15-30(16-14-29)23(32)33-24(2,3)4/h17-19H,5-16H2,1-4H3,(H,25,26,27). The van der Waals surface area contributed by atoms with Crippen molar-refractivity contribution >= 4 is 23.6 Å². The van der Waals surface area contributed by atoms with E-state index in [2.05, 4.69) is 27.1 Å². The molecule has 2 aliphatic heterocycles. The number of amides is 2. The monoisotopic (exact) mass is 460 g/mol. The zero-order valence-corrected chi connectivity index (χ0v) is 20.7. The fourth-order valence-electron chi connectivity index (χ4n) is 4.27. The highest BCUT2D eigenvalue weighted by atomic mass is 16.6. The van der Waals surface area contributed by atoms with Crippen molar-refractivity contribution in [3.8, 4) is 0 Å². The summed E-state index contributed by atoms with van der Waals surface area (Å²) in [5, 5.41) is 3.32. The van der Waals surface area contributed by atoms with E-state index in [9.17, 15) is 9.59 Å². The van der Waals surface area contributed by atoms with Crippen LogP contribution in [0.3, 0.4) is 0 Å². The summed E-state index contributed by atoms with van der Waals surface area (Å²) in [6.07, 6.45) is 6.03. The molecule has 2 saturated heterocycles. The van der Waals surface area contributed by atoms with Gasteiger partial charge in [0, 0.05) is 58.3 Å². The zero-order valence-electron chi connectivity index (χ0n) is 20.7. The van der Waals surface area contributed by atoms with Crippen LogP contribution >= 0.6 is 0 Å². The highest BCUT2D eigenvalue weighted by molar-refractivity contribution is 5.76. The van der Waals surface area contributed by atoms with E-state index in [-0.39, 0.29) is 12.0 Å². The van der Waals surface area contributed by atoms with Crippen LogP contribution in [0, 0.1) is 5.92 Å². The van der Waals surface area contributed by atoms with Crippen LogP contribution < -0.4 is 10.2 Å². The summed E-state index contributed by atoms with van der Waals surface area (Å²) in [6.45, 7) is 12.8. The number of hydrogen-bond donors (Lipinski definition) is 1. The molecule has 0 aliphatic carbocycles. The molecule has 0 atom stereocenters. The average Bonchev–Trinajstić information content (AvgIpc) is 2.80. The average molecular weight is 461 g/mol. The Morgan fingerprint density at radius 1 is 1.06 bits per heavy atom. The summed E-state index contributed by atoms with van der Waals surface area (Å²) in [5.74, 6) is 2.61. The quantitative estimate of drug-likeness (QED) is 0.667. The second-order valence-electron chi connectivity index (χ2n) is 10.0. The Kier molecular flexibility index (Phi) is 8.74. The Bertz CT molecular complexity index is 781. The van der Waals surface area contributed by atoms with Gasteiger partial charge in [0.1, 0.15) is 23.6 Å². The number of carbonyl (C=O) groups excluding carboxylic acids is 2. The van der Waals surface area contributed by atoms with Crippen molar-refractivity contribution in [2.24, 2.45) is 5.92 Å². The molecule has 3 heterocycles. The molecule has 1 aromatic heterocycles. The smallest absolute Gasteiger partial charge is 0.410 e. The van der Waals surface area contributed by atoms with Gasteiger partial charge in [-0.05, 0) is 52.4 Å². The normalized spacial score (nSPS) is 17.8.